The first-order chi connectivity index (χ1) is 9.22. The van der Waals surface area contributed by atoms with Gasteiger partial charge in [0.15, 0.2) is 5.82 Å². The Hall–Kier alpha value is -1.58. The lowest BCUT2D eigenvalue weighted by Gasteiger charge is -2.03. The fourth-order valence-corrected chi connectivity index (χ4v) is 2.53. The van der Waals surface area contributed by atoms with Crippen LogP contribution in [-0.2, 0) is 12.8 Å². The van der Waals surface area contributed by atoms with Crippen molar-refractivity contribution >= 4 is 34.7 Å². The van der Waals surface area contributed by atoms with Crippen molar-refractivity contribution in [2.24, 2.45) is 5.10 Å². The van der Waals surface area contributed by atoms with Gasteiger partial charge in [0.25, 0.3) is 0 Å². The molecule has 1 heterocycles. The summed E-state index contributed by atoms with van der Waals surface area (Å²) in [6.45, 7) is 0. The van der Waals surface area contributed by atoms with Gasteiger partial charge < -0.3 is 0 Å². The van der Waals surface area contributed by atoms with Crippen molar-refractivity contribution in [3.05, 3.63) is 57.7 Å². The number of nitrogens with zero attached hydrogens (tertiary/aromatic N) is 2. The molecule has 0 bridgehead atoms. The Morgan fingerprint density at radius 1 is 1.11 bits per heavy atom. The van der Waals surface area contributed by atoms with Crippen molar-refractivity contribution in [2.75, 3.05) is 5.43 Å². The highest BCUT2D eigenvalue weighted by Gasteiger charge is 2.16. The number of nitrogens with one attached hydrogen (secondary N) is 1. The Balaban J connectivity index is 1.75. The van der Waals surface area contributed by atoms with E-state index in [1.165, 1.54) is 11.1 Å². The van der Waals surface area contributed by atoms with Crippen LogP contribution in [0.5, 0.6) is 0 Å². The summed E-state index contributed by atoms with van der Waals surface area (Å²) in [6.07, 6.45) is 3.28. The van der Waals surface area contributed by atoms with Crippen molar-refractivity contribution in [3.8, 4) is 0 Å². The molecular formula is C14H11Cl2N3. The van der Waals surface area contributed by atoms with Crippen molar-refractivity contribution in [3.63, 3.8) is 0 Å². The normalized spacial score (nSPS) is 13.3. The monoisotopic (exact) mass is 291 g/mol. The molecule has 2 aromatic rings. The molecule has 0 atom stereocenters. The first-order valence-electron chi connectivity index (χ1n) is 5.91. The number of hydrazone groups is 1. The van der Waals surface area contributed by atoms with E-state index in [1.807, 2.05) is 12.1 Å². The van der Waals surface area contributed by atoms with Gasteiger partial charge in [-0.25, -0.2) is 4.98 Å². The fraction of sp³-hybridized carbons (Fsp3) is 0.143. The van der Waals surface area contributed by atoms with Crippen LogP contribution in [0.1, 0.15) is 11.1 Å². The molecule has 3 nitrogen and oxygen atoms in total. The van der Waals surface area contributed by atoms with Gasteiger partial charge in [-0.1, -0.05) is 47.5 Å². The molecule has 5 heteroatoms. The molecule has 0 spiro atoms. The quantitative estimate of drug-likeness (QED) is 0.851. The zero-order valence-electron chi connectivity index (χ0n) is 10.0. The van der Waals surface area contributed by atoms with Crippen molar-refractivity contribution in [2.45, 2.75) is 12.8 Å². The summed E-state index contributed by atoms with van der Waals surface area (Å²) < 4.78 is 0. The zero-order chi connectivity index (χ0) is 13.2. The number of anilines is 1. The van der Waals surface area contributed by atoms with E-state index in [0.29, 0.717) is 15.9 Å². The maximum atomic E-state index is 6.03. The van der Waals surface area contributed by atoms with Gasteiger partial charge in [-0.15, -0.1) is 0 Å². The molecule has 0 radical (unpaired) electrons. The molecule has 19 heavy (non-hydrogen) atoms. The number of hydrogen-bond acceptors (Lipinski definition) is 3. The number of hydrogen-bond donors (Lipinski definition) is 1. The summed E-state index contributed by atoms with van der Waals surface area (Å²) in [7, 11) is 0. The topological polar surface area (TPSA) is 37.3 Å². The number of fused-ring (bicyclic) bond motifs is 1. The molecule has 1 aliphatic carbocycles. The van der Waals surface area contributed by atoms with E-state index in [9.17, 15) is 0 Å². The Morgan fingerprint density at radius 3 is 2.42 bits per heavy atom. The van der Waals surface area contributed by atoms with Crippen LogP contribution < -0.4 is 5.43 Å². The zero-order valence-corrected chi connectivity index (χ0v) is 11.5. The molecule has 0 saturated carbocycles. The maximum Gasteiger partial charge on any atom is 0.165 e. The Bertz CT molecular complexity index is 626. The minimum Gasteiger partial charge on any atom is -0.260 e. The van der Waals surface area contributed by atoms with Gasteiger partial charge in [0.05, 0.1) is 10.0 Å². The van der Waals surface area contributed by atoms with E-state index in [4.69, 9.17) is 23.2 Å². The summed E-state index contributed by atoms with van der Waals surface area (Å²) in [5, 5.41) is 5.35. The SMILES string of the molecule is Clc1cnc(NN=C2Cc3ccccc3C2)c(Cl)c1. The standard InChI is InChI=1S/C14H11Cl2N3/c15-11-7-13(16)14(17-8-11)19-18-12-5-9-3-1-2-4-10(9)6-12/h1-4,7-8H,5-6H2,(H,17,19). The molecule has 1 aliphatic rings. The van der Waals surface area contributed by atoms with Crippen LogP contribution in [-0.4, -0.2) is 10.7 Å². The Kier molecular flexibility index (Phi) is 3.40. The summed E-state index contributed by atoms with van der Waals surface area (Å²) in [4.78, 5) is 4.11. The average molecular weight is 292 g/mol. The van der Waals surface area contributed by atoms with Gasteiger partial charge >= 0.3 is 0 Å². The van der Waals surface area contributed by atoms with Gasteiger partial charge in [0, 0.05) is 24.8 Å². The van der Waals surface area contributed by atoms with Crippen molar-refractivity contribution in [1.29, 1.82) is 0 Å². The van der Waals surface area contributed by atoms with Gasteiger partial charge in [-0.05, 0) is 17.2 Å². The fourth-order valence-electron chi connectivity index (χ4n) is 2.11. The highest BCUT2D eigenvalue weighted by Crippen LogP contribution is 2.23. The summed E-state index contributed by atoms with van der Waals surface area (Å²) in [5.41, 5.74) is 6.64. The molecule has 0 unspecified atom stereocenters. The van der Waals surface area contributed by atoms with Crippen molar-refractivity contribution in [1.82, 2.24) is 4.98 Å². The summed E-state index contributed by atoms with van der Waals surface area (Å²) in [5.74, 6) is 0.523. The van der Waals surface area contributed by atoms with Crippen LogP contribution in [0, 0.1) is 0 Å². The maximum absolute atomic E-state index is 6.03. The third-order valence-electron chi connectivity index (χ3n) is 3.04. The van der Waals surface area contributed by atoms with E-state index in [-0.39, 0.29) is 0 Å². The predicted molar refractivity (Wildman–Crippen MR) is 79.2 cm³/mol. The lowest BCUT2D eigenvalue weighted by molar-refractivity contribution is 1.20. The molecule has 1 aromatic carbocycles. The third kappa shape index (κ3) is 2.72. The van der Waals surface area contributed by atoms with Crippen LogP contribution in [0.2, 0.25) is 10.0 Å². The highest BCUT2D eigenvalue weighted by molar-refractivity contribution is 6.35. The number of aromatic nitrogens is 1. The van der Waals surface area contributed by atoms with Crippen molar-refractivity contribution < 1.29 is 0 Å². The van der Waals surface area contributed by atoms with E-state index < -0.39 is 0 Å². The van der Waals surface area contributed by atoms with Crippen LogP contribution in [0.4, 0.5) is 5.82 Å². The van der Waals surface area contributed by atoms with Gasteiger partial charge in [-0.3, -0.25) is 5.43 Å². The molecule has 1 N–H and O–H groups in total. The molecule has 96 valence electrons. The number of benzene rings is 1. The lowest BCUT2D eigenvalue weighted by Crippen LogP contribution is -2.02. The van der Waals surface area contributed by atoms with Gasteiger partial charge in [0.2, 0.25) is 0 Å². The average Bonchev–Trinajstić information content (AvgIpc) is 2.80. The molecular weight excluding hydrogens is 281 g/mol. The van der Waals surface area contributed by atoms with E-state index in [0.717, 1.165) is 18.6 Å². The number of pyridine rings is 1. The smallest absolute Gasteiger partial charge is 0.165 e. The molecule has 0 saturated heterocycles. The minimum absolute atomic E-state index is 0.465. The second-order valence-electron chi connectivity index (χ2n) is 4.40. The molecule has 1 aromatic heterocycles. The van der Waals surface area contributed by atoms with E-state index in [1.54, 1.807) is 12.3 Å². The largest absolute Gasteiger partial charge is 0.260 e. The lowest BCUT2D eigenvalue weighted by atomic mass is 10.1. The van der Waals surface area contributed by atoms with Crippen LogP contribution in [0.25, 0.3) is 0 Å². The number of halogens is 2. The van der Waals surface area contributed by atoms with Gasteiger partial charge in [0.1, 0.15) is 0 Å². The van der Waals surface area contributed by atoms with Crippen LogP contribution >= 0.6 is 23.2 Å². The third-order valence-corrected chi connectivity index (χ3v) is 3.53. The Morgan fingerprint density at radius 2 is 1.79 bits per heavy atom. The minimum atomic E-state index is 0.465. The van der Waals surface area contributed by atoms with Crippen LogP contribution in [0.3, 0.4) is 0 Å². The summed E-state index contributed by atoms with van der Waals surface area (Å²) in [6, 6.07) is 10.00. The second kappa shape index (κ2) is 5.19. The van der Waals surface area contributed by atoms with E-state index >= 15 is 0 Å². The summed E-state index contributed by atoms with van der Waals surface area (Å²) >= 11 is 11.8. The number of rotatable bonds is 2. The highest BCUT2D eigenvalue weighted by atomic mass is 35.5. The van der Waals surface area contributed by atoms with Gasteiger partial charge in [-0.2, -0.15) is 5.10 Å². The molecule has 0 amide bonds. The Labute approximate surface area is 121 Å². The van der Waals surface area contributed by atoms with E-state index in [2.05, 4.69) is 27.6 Å². The predicted octanol–water partition coefficient (Wildman–Crippen LogP) is 3.96. The first-order valence-corrected chi connectivity index (χ1v) is 6.67. The molecule has 0 fully saturated rings. The molecule has 3 rings (SSSR count). The second-order valence-corrected chi connectivity index (χ2v) is 5.24. The van der Waals surface area contributed by atoms with Crippen LogP contribution in [0.15, 0.2) is 41.6 Å². The first kappa shape index (κ1) is 12.5. The molecule has 0 aliphatic heterocycles.